The van der Waals surface area contributed by atoms with Gasteiger partial charge in [-0.05, 0) is 12.1 Å². The van der Waals surface area contributed by atoms with Crippen LogP contribution in [0.15, 0.2) is 65.3 Å². The van der Waals surface area contributed by atoms with Gasteiger partial charge >= 0.3 is 0 Å². The fourth-order valence-electron chi connectivity index (χ4n) is 3.35. The molecule has 4 rings (SSSR count). The zero-order valence-corrected chi connectivity index (χ0v) is 15.5. The predicted molar refractivity (Wildman–Crippen MR) is 99.9 cm³/mol. The van der Waals surface area contributed by atoms with Gasteiger partial charge in [0, 0.05) is 23.1 Å². The van der Waals surface area contributed by atoms with E-state index in [4.69, 9.17) is 23.2 Å². The quantitative estimate of drug-likeness (QED) is 0.602. The van der Waals surface area contributed by atoms with Crippen molar-refractivity contribution in [3.63, 3.8) is 0 Å². The first-order chi connectivity index (χ1) is 13.2. The first-order valence-electron chi connectivity index (χ1n) is 8.13. The Hall–Kier alpha value is -2.57. The van der Waals surface area contributed by atoms with E-state index in [-0.39, 0.29) is 26.9 Å². The molecular weight excluding hydrogens is 414 g/mol. The summed E-state index contributed by atoms with van der Waals surface area (Å²) >= 11 is 11.9. The first kappa shape index (κ1) is 18.8. The molecule has 0 aromatic heterocycles. The third kappa shape index (κ3) is 2.67. The molecule has 0 saturated heterocycles. The van der Waals surface area contributed by atoms with Gasteiger partial charge < -0.3 is 5.32 Å². The van der Waals surface area contributed by atoms with Crippen LogP contribution >= 0.6 is 23.2 Å². The molecule has 8 heteroatoms. The van der Waals surface area contributed by atoms with Crippen molar-refractivity contribution in [2.75, 3.05) is 5.32 Å². The molecule has 0 heterocycles. The van der Waals surface area contributed by atoms with Crippen LogP contribution in [-0.2, 0) is 0 Å². The molecule has 28 heavy (non-hydrogen) atoms. The Kier molecular flexibility index (Phi) is 4.36. The minimum absolute atomic E-state index is 0.0134. The van der Waals surface area contributed by atoms with E-state index in [1.54, 1.807) is 0 Å². The summed E-state index contributed by atoms with van der Waals surface area (Å²) in [5.41, 5.74) is -1.39. The van der Waals surface area contributed by atoms with Crippen LogP contribution in [0.25, 0.3) is 0 Å². The Morgan fingerprint density at radius 2 is 1.46 bits per heavy atom. The molecule has 1 atom stereocenters. The summed E-state index contributed by atoms with van der Waals surface area (Å²) in [6.45, 7) is 0. The van der Waals surface area contributed by atoms with E-state index in [1.807, 2.05) is 0 Å². The molecule has 0 bridgehead atoms. The molecule has 2 aliphatic rings. The average Bonchev–Trinajstić information content (AvgIpc) is 2.67. The maximum atomic E-state index is 15.5. The van der Waals surface area contributed by atoms with Crippen LogP contribution in [0, 0.1) is 0 Å². The Balaban J connectivity index is 1.83. The summed E-state index contributed by atoms with van der Waals surface area (Å²) in [5.74, 6) is -8.30. The van der Waals surface area contributed by atoms with E-state index in [0.29, 0.717) is 0 Å². The van der Waals surface area contributed by atoms with Gasteiger partial charge in [-0.15, -0.1) is 0 Å². The number of carbonyl (C=O) groups is 2. The third-order valence-corrected chi connectivity index (χ3v) is 5.32. The number of para-hydroxylation sites is 1. The molecule has 1 N–H and O–H groups in total. The topological polar surface area (TPSA) is 46.2 Å². The number of fused-ring (bicyclic) bond motifs is 1. The van der Waals surface area contributed by atoms with Crippen molar-refractivity contribution in [1.29, 1.82) is 0 Å². The van der Waals surface area contributed by atoms with E-state index < -0.39 is 46.6 Å². The lowest BCUT2D eigenvalue weighted by atomic mass is 9.77. The summed E-state index contributed by atoms with van der Waals surface area (Å²) < 4.78 is 45.0. The van der Waals surface area contributed by atoms with E-state index in [2.05, 4.69) is 5.32 Å². The van der Waals surface area contributed by atoms with Crippen molar-refractivity contribution < 1.29 is 22.8 Å². The molecule has 1 unspecified atom stereocenters. The molecule has 3 nitrogen and oxygen atoms in total. The molecule has 2 aliphatic carbocycles. The molecule has 2 aromatic carbocycles. The van der Waals surface area contributed by atoms with Gasteiger partial charge in [0.2, 0.25) is 5.79 Å². The highest BCUT2D eigenvalue weighted by Gasteiger charge is 2.50. The van der Waals surface area contributed by atoms with Crippen LogP contribution in [0.2, 0.25) is 10.0 Å². The highest BCUT2D eigenvalue weighted by atomic mass is 35.5. The molecule has 0 aliphatic heterocycles. The number of allylic oxidation sites excluding steroid dienone is 2. The lowest BCUT2D eigenvalue weighted by Crippen LogP contribution is -2.41. The van der Waals surface area contributed by atoms with E-state index in [0.717, 1.165) is 0 Å². The predicted octanol–water partition coefficient (Wildman–Crippen LogP) is 6.00. The Morgan fingerprint density at radius 3 is 2.07 bits per heavy atom. The molecule has 0 fully saturated rings. The smallest absolute Gasteiger partial charge is 0.239 e. The first-order valence-corrected chi connectivity index (χ1v) is 8.89. The number of Topliss-reactive ketones (excluding diaryl/α,β-unsaturated/α-hetero) is 2. The molecule has 142 valence electrons. The fourth-order valence-corrected chi connectivity index (χ4v) is 3.84. The highest BCUT2D eigenvalue weighted by Crippen LogP contribution is 2.47. The van der Waals surface area contributed by atoms with Crippen molar-refractivity contribution in [3.8, 4) is 0 Å². The van der Waals surface area contributed by atoms with Crippen LogP contribution in [0.4, 0.5) is 18.9 Å². The fraction of sp³-hybridized carbons (Fsp3) is 0.100. The number of hydrogen-bond acceptors (Lipinski definition) is 3. The van der Waals surface area contributed by atoms with Gasteiger partial charge in [0.1, 0.15) is 0 Å². The number of benzene rings is 2. The van der Waals surface area contributed by atoms with Crippen LogP contribution in [0.1, 0.15) is 27.1 Å². The van der Waals surface area contributed by atoms with Crippen molar-refractivity contribution in [1.82, 2.24) is 0 Å². The number of alkyl halides is 1. The number of ketones is 2. The van der Waals surface area contributed by atoms with Gasteiger partial charge in [0.25, 0.3) is 0 Å². The molecule has 0 saturated carbocycles. The zero-order valence-electron chi connectivity index (χ0n) is 14.0. The molecule has 0 amide bonds. The van der Waals surface area contributed by atoms with Gasteiger partial charge in [0.05, 0.1) is 21.3 Å². The Bertz CT molecular complexity index is 1110. The molecule has 0 radical (unpaired) electrons. The SMILES string of the molecule is O=C1C2=C(C(=O)c3ccccc31)C(F)=C(F)C(F)(Nc1c(Cl)cccc1Cl)C2. The minimum atomic E-state index is -3.14. The van der Waals surface area contributed by atoms with Crippen molar-refractivity contribution in [3.05, 3.63) is 86.4 Å². The van der Waals surface area contributed by atoms with Crippen LogP contribution in [0.3, 0.4) is 0 Å². The average molecular weight is 424 g/mol. The normalized spacial score (nSPS) is 21.6. The Morgan fingerprint density at radius 1 is 0.893 bits per heavy atom. The van der Waals surface area contributed by atoms with Crippen molar-refractivity contribution in [2.45, 2.75) is 12.2 Å². The van der Waals surface area contributed by atoms with Crippen LogP contribution in [-0.4, -0.2) is 17.4 Å². The third-order valence-electron chi connectivity index (χ3n) is 4.69. The monoisotopic (exact) mass is 423 g/mol. The second-order valence-electron chi connectivity index (χ2n) is 6.38. The molecule has 2 aromatic rings. The molecule has 0 spiro atoms. The van der Waals surface area contributed by atoms with Crippen LogP contribution < -0.4 is 5.32 Å². The number of carbonyl (C=O) groups excluding carboxylic acids is 2. The van der Waals surface area contributed by atoms with Gasteiger partial charge in [-0.25, -0.2) is 13.2 Å². The largest absolute Gasteiger partial charge is 0.345 e. The van der Waals surface area contributed by atoms with Gasteiger partial charge in [0.15, 0.2) is 23.2 Å². The van der Waals surface area contributed by atoms with E-state index in [9.17, 15) is 18.4 Å². The number of hydrogen-bond donors (Lipinski definition) is 1. The number of anilines is 1. The van der Waals surface area contributed by atoms with Gasteiger partial charge in [-0.1, -0.05) is 53.5 Å². The maximum absolute atomic E-state index is 15.5. The summed E-state index contributed by atoms with van der Waals surface area (Å²) in [6.07, 6.45) is -0.901. The standard InChI is InChI=1S/C20H10Cl2F3NO2/c21-12-6-3-7-13(22)16(12)26-20(25)8-11-14(15(23)19(20)24)18(28)10-5-2-1-4-9(10)17(11)27/h1-7,26H,8H2. The highest BCUT2D eigenvalue weighted by molar-refractivity contribution is 6.39. The maximum Gasteiger partial charge on any atom is 0.239 e. The number of rotatable bonds is 2. The zero-order chi connectivity index (χ0) is 20.2. The second kappa shape index (κ2) is 6.50. The minimum Gasteiger partial charge on any atom is -0.345 e. The lowest BCUT2D eigenvalue weighted by Gasteiger charge is -2.33. The summed E-state index contributed by atoms with van der Waals surface area (Å²) in [6, 6.07) is 10.0. The van der Waals surface area contributed by atoms with Gasteiger partial charge in [-0.2, -0.15) is 0 Å². The number of halogens is 5. The van der Waals surface area contributed by atoms with Crippen molar-refractivity contribution >= 4 is 40.5 Å². The van der Waals surface area contributed by atoms with E-state index >= 15 is 4.39 Å². The number of nitrogens with one attached hydrogen (secondary N) is 1. The van der Waals surface area contributed by atoms with Crippen LogP contribution in [0.5, 0.6) is 0 Å². The summed E-state index contributed by atoms with van der Waals surface area (Å²) in [5, 5.41) is 2.13. The summed E-state index contributed by atoms with van der Waals surface area (Å²) in [7, 11) is 0. The lowest BCUT2D eigenvalue weighted by molar-refractivity contribution is 0.0948. The van der Waals surface area contributed by atoms with Crippen molar-refractivity contribution in [2.24, 2.45) is 0 Å². The van der Waals surface area contributed by atoms with E-state index in [1.165, 1.54) is 42.5 Å². The molecular formula is C20H10Cl2F3NO2. The summed E-state index contributed by atoms with van der Waals surface area (Å²) in [4.78, 5) is 25.3. The Labute approximate surface area is 167 Å². The second-order valence-corrected chi connectivity index (χ2v) is 7.20. The van der Waals surface area contributed by atoms with Gasteiger partial charge in [-0.3, -0.25) is 9.59 Å².